The van der Waals surface area contributed by atoms with Crippen molar-refractivity contribution < 1.29 is 14.3 Å². The molecule has 1 aromatic rings. The van der Waals surface area contributed by atoms with E-state index in [-0.39, 0.29) is 23.8 Å². The first-order chi connectivity index (χ1) is 10.7. The van der Waals surface area contributed by atoms with E-state index in [1.165, 1.54) is 12.1 Å². The molecule has 1 heterocycles. The van der Waals surface area contributed by atoms with Crippen LogP contribution in [0, 0.1) is 5.82 Å². The Morgan fingerprint density at radius 1 is 1.43 bits per heavy atom. The molecule has 0 saturated carbocycles. The van der Waals surface area contributed by atoms with Crippen LogP contribution < -0.4 is 0 Å². The fourth-order valence-corrected chi connectivity index (χ4v) is 3.28. The standard InChI is InChI=1S/C18H27FN2O2/c1-13(14-7-9-15(19)10-8-14)20(4)17(22)12-21-11-5-6-16(21)18(2,3)23/h7-10,13,16,23H,5-6,11-12H2,1-4H3. The summed E-state index contributed by atoms with van der Waals surface area (Å²) in [7, 11) is 1.77. The third-order valence-electron chi connectivity index (χ3n) is 4.84. The lowest BCUT2D eigenvalue weighted by Crippen LogP contribution is -2.49. The molecular formula is C18H27FN2O2. The predicted octanol–water partition coefficient (Wildman–Crippen LogP) is 2.58. The lowest BCUT2D eigenvalue weighted by Gasteiger charge is -2.35. The lowest BCUT2D eigenvalue weighted by molar-refractivity contribution is -0.134. The van der Waals surface area contributed by atoms with Gasteiger partial charge < -0.3 is 10.0 Å². The van der Waals surface area contributed by atoms with Crippen LogP contribution in [0.15, 0.2) is 24.3 Å². The van der Waals surface area contributed by atoms with Crippen LogP contribution in [0.5, 0.6) is 0 Å². The van der Waals surface area contributed by atoms with Crippen molar-refractivity contribution in [2.24, 2.45) is 0 Å². The number of halogens is 1. The van der Waals surface area contributed by atoms with Crippen LogP contribution in [0.1, 0.15) is 45.2 Å². The van der Waals surface area contributed by atoms with E-state index < -0.39 is 5.60 Å². The quantitative estimate of drug-likeness (QED) is 0.906. The average molecular weight is 322 g/mol. The second-order valence-electron chi connectivity index (χ2n) is 7.01. The van der Waals surface area contributed by atoms with Gasteiger partial charge in [0.05, 0.1) is 18.2 Å². The Morgan fingerprint density at radius 3 is 2.61 bits per heavy atom. The first kappa shape index (κ1) is 17.9. The number of rotatable bonds is 5. The summed E-state index contributed by atoms with van der Waals surface area (Å²) in [6, 6.07) is 6.13. The monoisotopic (exact) mass is 322 g/mol. The fourth-order valence-electron chi connectivity index (χ4n) is 3.28. The normalized spacial score (nSPS) is 20.5. The van der Waals surface area contributed by atoms with Crippen molar-refractivity contribution in [1.29, 1.82) is 0 Å². The molecule has 1 aliphatic rings. The number of carbonyl (C=O) groups is 1. The molecule has 0 aliphatic carbocycles. The molecule has 0 aromatic heterocycles. The van der Waals surface area contributed by atoms with Gasteiger partial charge in [0.1, 0.15) is 5.82 Å². The van der Waals surface area contributed by atoms with Crippen molar-refractivity contribution in [2.75, 3.05) is 20.1 Å². The van der Waals surface area contributed by atoms with E-state index in [9.17, 15) is 14.3 Å². The van der Waals surface area contributed by atoms with Crippen LogP contribution in [0.3, 0.4) is 0 Å². The van der Waals surface area contributed by atoms with Crippen molar-refractivity contribution >= 4 is 5.91 Å². The van der Waals surface area contributed by atoms with Gasteiger partial charge in [-0.05, 0) is 57.9 Å². The van der Waals surface area contributed by atoms with Crippen molar-refractivity contribution in [3.8, 4) is 0 Å². The number of likely N-dealkylation sites (tertiary alicyclic amines) is 1. The van der Waals surface area contributed by atoms with E-state index in [2.05, 4.69) is 4.90 Å². The van der Waals surface area contributed by atoms with E-state index in [0.717, 1.165) is 24.9 Å². The van der Waals surface area contributed by atoms with Gasteiger partial charge in [-0.2, -0.15) is 0 Å². The molecule has 1 aromatic carbocycles. The Balaban J connectivity index is 2.00. The van der Waals surface area contributed by atoms with Crippen LogP contribution in [-0.4, -0.2) is 52.6 Å². The largest absolute Gasteiger partial charge is 0.389 e. The number of hydrogen-bond acceptors (Lipinski definition) is 3. The highest BCUT2D eigenvalue weighted by Crippen LogP contribution is 2.27. The van der Waals surface area contributed by atoms with Gasteiger partial charge in [-0.15, -0.1) is 0 Å². The summed E-state index contributed by atoms with van der Waals surface area (Å²) in [5.41, 5.74) is 0.0977. The molecule has 2 atom stereocenters. The van der Waals surface area contributed by atoms with Crippen LogP contribution in [0.2, 0.25) is 0 Å². The summed E-state index contributed by atoms with van der Waals surface area (Å²) in [5, 5.41) is 10.3. The topological polar surface area (TPSA) is 43.8 Å². The first-order valence-electron chi connectivity index (χ1n) is 8.17. The fraction of sp³-hybridized carbons (Fsp3) is 0.611. The van der Waals surface area contributed by atoms with Gasteiger partial charge in [0.2, 0.25) is 5.91 Å². The second-order valence-corrected chi connectivity index (χ2v) is 7.01. The minimum absolute atomic E-state index is 0.0120. The molecule has 23 heavy (non-hydrogen) atoms. The Hall–Kier alpha value is -1.46. The molecule has 4 nitrogen and oxygen atoms in total. The molecule has 5 heteroatoms. The molecule has 1 aliphatic heterocycles. The van der Waals surface area contributed by atoms with Crippen molar-refractivity contribution in [3.05, 3.63) is 35.6 Å². The number of nitrogens with zero attached hydrogens (tertiary/aromatic N) is 2. The van der Waals surface area contributed by atoms with Gasteiger partial charge in [0.25, 0.3) is 0 Å². The van der Waals surface area contributed by atoms with Crippen molar-refractivity contribution in [1.82, 2.24) is 9.80 Å². The third kappa shape index (κ3) is 4.30. The predicted molar refractivity (Wildman–Crippen MR) is 88.5 cm³/mol. The minimum Gasteiger partial charge on any atom is -0.389 e. The summed E-state index contributed by atoms with van der Waals surface area (Å²) >= 11 is 0. The summed E-state index contributed by atoms with van der Waals surface area (Å²) < 4.78 is 13.0. The Kier molecular flexibility index (Phi) is 5.42. The number of hydrogen-bond donors (Lipinski definition) is 1. The first-order valence-corrected chi connectivity index (χ1v) is 8.17. The maximum Gasteiger partial charge on any atom is 0.237 e. The summed E-state index contributed by atoms with van der Waals surface area (Å²) in [5.74, 6) is -0.266. The van der Waals surface area contributed by atoms with Gasteiger partial charge in [0, 0.05) is 13.1 Å². The van der Waals surface area contributed by atoms with Crippen molar-refractivity contribution in [3.63, 3.8) is 0 Å². The zero-order chi connectivity index (χ0) is 17.2. The zero-order valence-corrected chi connectivity index (χ0v) is 14.4. The van der Waals surface area contributed by atoms with Crippen molar-refractivity contribution in [2.45, 2.75) is 51.3 Å². The highest BCUT2D eigenvalue weighted by Gasteiger charge is 2.37. The highest BCUT2D eigenvalue weighted by molar-refractivity contribution is 5.78. The van der Waals surface area contributed by atoms with E-state index in [1.807, 2.05) is 6.92 Å². The maximum absolute atomic E-state index is 13.0. The van der Waals surface area contributed by atoms with Gasteiger partial charge in [-0.1, -0.05) is 12.1 Å². The van der Waals surface area contributed by atoms with E-state index in [1.54, 1.807) is 37.9 Å². The molecule has 0 radical (unpaired) electrons. The average Bonchev–Trinajstić information content (AvgIpc) is 2.94. The molecule has 2 rings (SSSR count). The number of likely N-dealkylation sites (N-methyl/N-ethyl adjacent to an activating group) is 1. The highest BCUT2D eigenvalue weighted by atomic mass is 19.1. The number of aliphatic hydroxyl groups is 1. The number of carbonyl (C=O) groups excluding carboxylic acids is 1. The molecule has 1 N–H and O–H groups in total. The Labute approximate surface area is 137 Å². The summed E-state index contributed by atoms with van der Waals surface area (Å²) in [4.78, 5) is 16.3. The van der Waals surface area contributed by atoms with Gasteiger partial charge in [0.15, 0.2) is 0 Å². The Bertz CT molecular complexity index is 539. The van der Waals surface area contributed by atoms with Gasteiger partial charge >= 0.3 is 0 Å². The Morgan fingerprint density at radius 2 is 2.04 bits per heavy atom. The third-order valence-corrected chi connectivity index (χ3v) is 4.84. The minimum atomic E-state index is -0.808. The summed E-state index contributed by atoms with van der Waals surface area (Å²) in [6.45, 7) is 6.66. The van der Waals surface area contributed by atoms with Crippen LogP contribution in [0.4, 0.5) is 4.39 Å². The molecule has 2 unspecified atom stereocenters. The smallest absolute Gasteiger partial charge is 0.237 e. The molecule has 0 bridgehead atoms. The SMILES string of the molecule is CC(c1ccc(F)cc1)N(C)C(=O)CN1CCCC1C(C)(C)O. The van der Waals surface area contributed by atoms with E-state index in [4.69, 9.17) is 0 Å². The molecular weight excluding hydrogens is 295 g/mol. The summed E-state index contributed by atoms with van der Waals surface area (Å²) in [6.07, 6.45) is 1.91. The van der Waals surface area contributed by atoms with Crippen LogP contribution >= 0.6 is 0 Å². The number of amides is 1. The van der Waals surface area contributed by atoms with Crippen LogP contribution in [-0.2, 0) is 4.79 Å². The molecule has 1 fully saturated rings. The molecule has 1 amide bonds. The zero-order valence-electron chi connectivity index (χ0n) is 14.4. The van der Waals surface area contributed by atoms with Crippen LogP contribution in [0.25, 0.3) is 0 Å². The van der Waals surface area contributed by atoms with E-state index in [0.29, 0.717) is 6.54 Å². The van der Waals surface area contributed by atoms with E-state index >= 15 is 0 Å². The second kappa shape index (κ2) is 6.97. The van der Waals surface area contributed by atoms with Gasteiger partial charge in [-0.3, -0.25) is 9.69 Å². The lowest BCUT2D eigenvalue weighted by atomic mass is 9.96. The maximum atomic E-state index is 13.0. The molecule has 128 valence electrons. The molecule has 1 saturated heterocycles. The van der Waals surface area contributed by atoms with Gasteiger partial charge in [-0.25, -0.2) is 4.39 Å². The molecule has 0 spiro atoms. The number of benzene rings is 1.